The second-order valence-electron chi connectivity index (χ2n) is 3.70. The predicted molar refractivity (Wildman–Crippen MR) is 53.3 cm³/mol. The Labute approximate surface area is 94.4 Å². The second kappa shape index (κ2) is 4.64. The van der Waals surface area contributed by atoms with E-state index >= 15 is 0 Å². The van der Waals surface area contributed by atoms with Crippen molar-refractivity contribution in [2.75, 3.05) is 0 Å². The lowest BCUT2D eigenvalue weighted by molar-refractivity contribution is -0.136. The highest BCUT2D eigenvalue weighted by molar-refractivity contribution is 5.80. The number of nitrogens with two attached hydrogens (primary N) is 1. The maximum Gasteiger partial charge on any atom is 0.390 e. The van der Waals surface area contributed by atoms with Crippen LogP contribution in [0.2, 0.25) is 0 Å². The SMILES string of the molecule is CC(C(N)=O)c1cn(CCC(F)(F)F)c(=O)[nH]1. The molecule has 0 aromatic carbocycles. The largest absolute Gasteiger partial charge is 0.390 e. The van der Waals surface area contributed by atoms with Crippen LogP contribution < -0.4 is 11.4 Å². The number of amides is 1. The summed E-state index contributed by atoms with van der Waals surface area (Å²) in [5.41, 5.74) is 4.55. The predicted octanol–water partition coefficient (Wildman–Crippen LogP) is 0.718. The monoisotopic (exact) mass is 251 g/mol. The minimum absolute atomic E-state index is 0.213. The number of aromatic nitrogens is 2. The van der Waals surface area contributed by atoms with Crippen molar-refractivity contribution in [1.29, 1.82) is 0 Å². The Bertz CT molecular complexity index is 461. The maximum absolute atomic E-state index is 12.0. The summed E-state index contributed by atoms with van der Waals surface area (Å²) in [6.07, 6.45) is -4.25. The van der Waals surface area contributed by atoms with Gasteiger partial charge in [-0.1, -0.05) is 0 Å². The third-order valence-electron chi connectivity index (χ3n) is 2.34. The van der Waals surface area contributed by atoms with Crippen LogP contribution in [0.3, 0.4) is 0 Å². The fraction of sp³-hybridized carbons (Fsp3) is 0.556. The van der Waals surface area contributed by atoms with Gasteiger partial charge in [0.15, 0.2) is 0 Å². The van der Waals surface area contributed by atoms with Gasteiger partial charge in [0.05, 0.1) is 12.3 Å². The summed E-state index contributed by atoms with van der Waals surface area (Å²) in [7, 11) is 0. The Hall–Kier alpha value is -1.73. The molecule has 0 saturated heterocycles. The minimum atomic E-state index is -4.33. The summed E-state index contributed by atoms with van der Waals surface area (Å²) in [6.45, 7) is 0.978. The zero-order chi connectivity index (χ0) is 13.2. The van der Waals surface area contributed by atoms with Crippen LogP contribution in [0.25, 0.3) is 0 Å². The van der Waals surface area contributed by atoms with Crippen molar-refractivity contribution in [3.63, 3.8) is 0 Å². The highest BCUT2D eigenvalue weighted by atomic mass is 19.4. The van der Waals surface area contributed by atoms with Crippen LogP contribution in [0.15, 0.2) is 11.0 Å². The van der Waals surface area contributed by atoms with Crippen molar-refractivity contribution in [3.8, 4) is 0 Å². The number of nitrogens with zero attached hydrogens (tertiary/aromatic N) is 1. The summed E-state index contributed by atoms with van der Waals surface area (Å²) < 4.78 is 36.8. The molecule has 0 fully saturated rings. The quantitative estimate of drug-likeness (QED) is 0.826. The first kappa shape index (κ1) is 13.3. The third-order valence-corrected chi connectivity index (χ3v) is 2.34. The van der Waals surface area contributed by atoms with Gasteiger partial charge in [-0.25, -0.2) is 4.79 Å². The Morgan fingerprint density at radius 2 is 2.18 bits per heavy atom. The van der Waals surface area contributed by atoms with Gasteiger partial charge in [-0.3, -0.25) is 9.36 Å². The van der Waals surface area contributed by atoms with Gasteiger partial charge >= 0.3 is 11.9 Å². The maximum atomic E-state index is 12.0. The molecular weight excluding hydrogens is 239 g/mol. The number of hydrogen-bond acceptors (Lipinski definition) is 2. The van der Waals surface area contributed by atoms with Crippen LogP contribution in [0.5, 0.6) is 0 Å². The molecule has 1 aromatic rings. The molecule has 17 heavy (non-hydrogen) atoms. The van der Waals surface area contributed by atoms with Crippen molar-refractivity contribution in [3.05, 3.63) is 22.4 Å². The number of aryl methyl sites for hydroxylation is 1. The van der Waals surface area contributed by atoms with Gasteiger partial charge < -0.3 is 10.7 Å². The number of primary amides is 1. The van der Waals surface area contributed by atoms with E-state index in [1.807, 2.05) is 0 Å². The highest BCUT2D eigenvalue weighted by Gasteiger charge is 2.27. The van der Waals surface area contributed by atoms with Gasteiger partial charge in [0.1, 0.15) is 0 Å². The Kier molecular flexibility index (Phi) is 3.64. The van der Waals surface area contributed by atoms with E-state index in [-0.39, 0.29) is 5.69 Å². The van der Waals surface area contributed by atoms with Crippen LogP contribution in [0.1, 0.15) is 25.0 Å². The van der Waals surface area contributed by atoms with Crippen molar-refractivity contribution in [1.82, 2.24) is 9.55 Å². The van der Waals surface area contributed by atoms with Gasteiger partial charge in [0.25, 0.3) is 0 Å². The minimum Gasteiger partial charge on any atom is -0.369 e. The second-order valence-corrected chi connectivity index (χ2v) is 3.70. The molecular formula is C9H12F3N3O2. The van der Waals surface area contributed by atoms with Crippen LogP contribution in [-0.4, -0.2) is 21.6 Å². The van der Waals surface area contributed by atoms with E-state index in [0.717, 1.165) is 4.57 Å². The van der Waals surface area contributed by atoms with E-state index in [9.17, 15) is 22.8 Å². The molecule has 96 valence electrons. The molecule has 1 amide bonds. The molecule has 0 aliphatic rings. The first-order valence-corrected chi connectivity index (χ1v) is 4.86. The van der Waals surface area contributed by atoms with Crippen LogP contribution in [-0.2, 0) is 11.3 Å². The van der Waals surface area contributed by atoms with Crippen molar-refractivity contribution < 1.29 is 18.0 Å². The van der Waals surface area contributed by atoms with Crippen LogP contribution >= 0.6 is 0 Å². The Balaban J connectivity index is 2.83. The van der Waals surface area contributed by atoms with E-state index in [1.165, 1.54) is 13.1 Å². The standard InChI is InChI=1S/C9H12F3N3O2/c1-5(7(13)16)6-4-15(8(17)14-6)3-2-9(10,11)12/h4-5H,2-3H2,1H3,(H2,13,16)(H,14,17). The molecule has 0 saturated carbocycles. The summed E-state index contributed by atoms with van der Waals surface area (Å²) >= 11 is 0. The normalized spacial score (nSPS) is 13.6. The smallest absolute Gasteiger partial charge is 0.369 e. The number of carbonyl (C=O) groups is 1. The van der Waals surface area contributed by atoms with Gasteiger partial charge in [0, 0.05) is 18.4 Å². The summed E-state index contributed by atoms with van der Waals surface area (Å²) in [6, 6.07) is 0. The molecule has 1 atom stereocenters. The number of hydrogen-bond donors (Lipinski definition) is 2. The lowest BCUT2D eigenvalue weighted by atomic mass is 10.1. The third kappa shape index (κ3) is 3.65. The molecule has 0 aliphatic heterocycles. The zero-order valence-corrected chi connectivity index (χ0v) is 9.04. The lowest BCUT2D eigenvalue weighted by Gasteiger charge is -2.05. The summed E-state index contributed by atoms with van der Waals surface area (Å²) in [5, 5.41) is 0. The van der Waals surface area contributed by atoms with Crippen molar-refractivity contribution in [2.24, 2.45) is 5.73 Å². The van der Waals surface area contributed by atoms with Crippen LogP contribution in [0.4, 0.5) is 13.2 Å². The molecule has 1 unspecified atom stereocenters. The number of aromatic amines is 1. The topological polar surface area (TPSA) is 80.9 Å². The Morgan fingerprint density at radius 1 is 1.59 bits per heavy atom. The first-order chi connectivity index (χ1) is 7.70. The molecule has 0 radical (unpaired) electrons. The highest BCUT2D eigenvalue weighted by Crippen LogP contribution is 2.20. The molecule has 3 N–H and O–H groups in total. The molecule has 1 heterocycles. The van der Waals surface area contributed by atoms with Gasteiger partial charge in [-0.05, 0) is 6.92 Å². The number of carbonyl (C=O) groups excluding carboxylic acids is 1. The lowest BCUT2D eigenvalue weighted by Crippen LogP contribution is -2.21. The average Bonchev–Trinajstić information content (AvgIpc) is 2.54. The Morgan fingerprint density at radius 3 is 2.65 bits per heavy atom. The van der Waals surface area contributed by atoms with Crippen LogP contribution in [0, 0.1) is 0 Å². The number of halogens is 3. The molecule has 0 bridgehead atoms. The van der Waals surface area contributed by atoms with E-state index in [1.54, 1.807) is 0 Å². The van der Waals surface area contributed by atoms with E-state index in [2.05, 4.69) is 4.98 Å². The van der Waals surface area contributed by atoms with Gasteiger partial charge in [-0.2, -0.15) is 13.2 Å². The number of nitrogens with one attached hydrogen (secondary N) is 1. The summed E-state index contributed by atoms with van der Waals surface area (Å²) in [5.74, 6) is -1.40. The van der Waals surface area contributed by atoms with Gasteiger partial charge in [-0.15, -0.1) is 0 Å². The van der Waals surface area contributed by atoms with Crippen molar-refractivity contribution in [2.45, 2.75) is 32.0 Å². The number of imidazole rings is 1. The van der Waals surface area contributed by atoms with E-state index < -0.39 is 36.7 Å². The zero-order valence-electron chi connectivity index (χ0n) is 9.04. The molecule has 0 aliphatic carbocycles. The molecule has 8 heteroatoms. The number of alkyl halides is 3. The first-order valence-electron chi connectivity index (χ1n) is 4.86. The fourth-order valence-corrected chi connectivity index (χ4v) is 1.24. The molecule has 1 rings (SSSR count). The number of rotatable bonds is 4. The molecule has 0 spiro atoms. The molecule has 5 nitrogen and oxygen atoms in total. The fourth-order valence-electron chi connectivity index (χ4n) is 1.24. The molecule has 1 aromatic heterocycles. The number of H-pyrrole nitrogens is 1. The van der Waals surface area contributed by atoms with E-state index in [0.29, 0.717) is 0 Å². The summed E-state index contributed by atoms with van der Waals surface area (Å²) in [4.78, 5) is 24.4. The van der Waals surface area contributed by atoms with Gasteiger partial charge in [0.2, 0.25) is 5.91 Å². The van der Waals surface area contributed by atoms with E-state index in [4.69, 9.17) is 5.73 Å². The van der Waals surface area contributed by atoms with Crippen molar-refractivity contribution >= 4 is 5.91 Å². The average molecular weight is 251 g/mol.